The molecule has 0 aromatic heterocycles. The fraction of sp³-hybridized carbons (Fsp3) is 0.0909. The number of ketones is 1. The third kappa shape index (κ3) is 2.85. The molecule has 3 heteroatoms. The molecule has 122 valence electrons. The average molecular weight is 328 g/mol. The summed E-state index contributed by atoms with van der Waals surface area (Å²) in [6.45, 7) is 0. The number of benzene rings is 3. The number of carbonyl (C=O) groups excluding carboxylic acids is 2. The summed E-state index contributed by atoms with van der Waals surface area (Å²) in [5.41, 5.74) is 2.86. The van der Waals surface area contributed by atoms with Gasteiger partial charge in [0.15, 0.2) is 5.78 Å². The van der Waals surface area contributed by atoms with Gasteiger partial charge in [-0.25, -0.2) is 0 Å². The Hall–Kier alpha value is -3.20. The molecule has 3 nitrogen and oxygen atoms in total. The second kappa shape index (κ2) is 6.36. The first-order chi connectivity index (χ1) is 12.2. The highest BCUT2D eigenvalue weighted by molar-refractivity contribution is 6.10. The Bertz CT molecular complexity index is 944. The first-order valence-electron chi connectivity index (χ1n) is 8.22. The van der Waals surface area contributed by atoms with Crippen LogP contribution in [-0.2, 0) is 11.2 Å². The highest BCUT2D eigenvalue weighted by Crippen LogP contribution is 2.34. The number of ether oxygens (including phenoxy) is 1. The van der Waals surface area contributed by atoms with E-state index in [-0.39, 0.29) is 11.8 Å². The second-order valence-corrected chi connectivity index (χ2v) is 6.07. The Kier molecular flexibility index (Phi) is 3.90. The first-order valence-corrected chi connectivity index (χ1v) is 8.22. The molecule has 0 N–H and O–H groups in total. The minimum Gasteiger partial charge on any atom is -0.426 e. The fourth-order valence-corrected chi connectivity index (χ4v) is 3.24. The van der Waals surface area contributed by atoms with E-state index in [1.807, 2.05) is 54.6 Å². The van der Waals surface area contributed by atoms with Gasteiger partial charge in [-0.15, -0.1) is 0 Å². The number of hydrogen-bond donors (Lipinski definition) is 0. The van der Waals surface area contributed by atoms with E-state index in [4.69, 9.17) is 4.74 Å². The predicted octanol–water partition coefficient (Wildman–Crippen LogP) is 4.16. The lowest BCUT2D eigenvalue weighted by Crippen LogP contribution is -2.27. The van der Waals surface area contributed by atoms with E-state index < -0.39 is 5.92 Å². The molecular formula is C22H16O3. The van der Waals surface area contributed by atoms with Crippen LogP contribution in [0.2, 0.25) is 0 Å². The monoisotopic (exact) mass is 328 g/mol. The van der Waals surface area contributed by atoms with Gasteiger partial charge >= 0.3 is 5.97 Å². The van der Waals surface area contributed by atoms with Gasteiger partial charge in [0.25, 0.3) is 0 Å². The van der Waals surface area contributed by atoms with Gasteiger partial charge in [0.2, 0.25) is 0 Å². The van der Waals surface area contributed by atoms with E-state index in [1.54, 1.807) is 24.3 Å². The van der Waals surface area contributed by atoms with Gasteiger partial charge in [0.1, 0.15) is 5.75 Å². The van der Waals surface area contributed by atoms with Crippen molar-refractivity contribution < 1.29 is 14.3 Å². The van der Waals surface area contributed by atoms with Gasteiger partial charge in [-0.05, 0) is 23.6 Å². The lowest BCUT2D eigenvalue weighted by atomic mass is 9.85. The van der Waals surface area contributed by atoms with E-state index in [1.165, 1.54) is 0 Å². The number of esters is 1. The van der Waals surface area contributed by atoms with Crippen LogP contribution in [0.25, 0.3) is 0 Å². The Morgan fingerprint density at radius 2 is 1.52 bits per heavy atom. The number of rotatable bonds is 3. The molecule has 0 bridgehead atoms. The van der Waals surface area contributed by atoms with Crippen molar-refractivity contribution in [1.29, 1.82) is 0 Å². The van der Waals surface area contributed by atoms with Crippen molar-refractivity contribution in [2.45, 2.75) is 12.3 Å². The summed E-state index contributed by atoms with van der Waals surface area (Å²) in [5, 5.41) is 0. The number of para-hydroxylation sites is 1. The smallest absolute Gasteiger partial charge is 0.319 e. The summed E-state index contributed by atoms with van der Waals surface area (Å²) in [5.74, 6) is -0.260. The third-order valence-electron chi connectivity index (χ3n) is 4.51. The van der Waals surface area contributed by atoms with Crippen LogP contribution < -0.4 is 4.74 Å². The highest BCUT2D eigenvalue weighted by atomic mass is 16.5. The van der Waals surface area contributed by atoms with Gasteiger partial charge in [-0.3, -0.25) is 9.59 Å². The van der Waals surface area contributed by atoms with Crippen molar-refractivity contribution in [3.8, 4) is 5.75 Å². The van der Waals surface area contributed by atoms with Crippen LogP contribution in [0.4, 0.5) is 0 Å². The molecule has 1 heterocycles. The number of carbonyl (C=O) groups is 2. The van der Waals surface area contributed by atoms with Gasteiger partial charge in [0.05, 0.1) is 5.92 Å². The molecule has 0 saturated heterocycles. The van der Waals surface area contributed by atoms with Gasteiger partial charge < -0.3 is 4.74 Å². The lowest BCUT2D eigenvalue weighted by Gasteiger charge is -2.25. The normalized spacial score (nSPS) is 16.0. The molecule has 1 aliphatic heterocycles. The summed E-state index contributed by atoms with van der Waals surface area (Å²) >= 11 is 0. The quantitative estimate of drug-likeness (QED) is 0.412. The SMILES string of the molecule is O=C(c1ccccc1)c1ccccc1C1Cc2ccccc2OC1=O. The summed E-state index contributed by atoms with van der Waals surface area (Å²) in [6, 6.07) is 23.9. The average Bonchev–Trinajstić information content (AvgIpc) is 2.67. The van der Waals surface area contributed by atoms with Crippen molar-refractivity contribution in [3.63, 3.8) is 0 Å². The molecule has 0 saturated carbocycles. The van der Waals surface area contributed by atoms with Gasteiger partial charge in [0, 0.05) is 11.1 Å². The van der Waals surface area contributed by atoms with Crippen LogP contribution in [0.15, 0.2) is 78.9 Å². The van der Waals surface area contributed by atoms with Crippen molar-refractivity contribution >= 4 is 11.8 Å². The molecule has 1 atom stereocenters. The molecule has 0 aliphatic carbocycles. The Labute approximate surface area is 145 Å². The van der Waals surface area contributed by atoms with Crippen LogP contribution >= 0.6 is 0 Å². The third-order valence-corrected chi connectivity index (χ3v) is 4.51. The fourth-order valence-electron chi connectivity index (χ4n) is 3.24. The van der Waals surface area contributed by atoms with Crippen molar-refractivity contribution in [2.75, 3.05) is 0 Å². The number of fused-ring (bicyclic) bond motifs is 1. The molecule has 3 aromatic rings. The number of hydrogen-bond acceptors (Lipinski definition) is 3. The predicted molar refractivity (Wildman–Crippen MR) is 94.8 cm³/mol. The van der Waals surface area contributed by atoms with E-state index in [2.05, 4.69) is 0 Å². The van der Waals surface area contributed by atoms with Crippen LogP contribution in [0, 0.1) is 0 Å². The minimum absolute atomic E-state index is 0.0807. The molecule has 25 heavy (non-hydrogen) atoms. The Balaban J connectivity index is 1.75. The molecule has 1 unspecified atom stereocenters. The maximum absolute atomic E-state index is 12.9. The van der Waals surface area contributed by atoms with E-state index in [0.717, 1.165) is 11.1 Å². The largest absolute Gasteiger partial charge is 0.426 e. The Morgan fingerprint density at radius 3 is 2.36 bits per heavy atom. The zero-order valence-electron chi connectivity index (χ0n) is 13.5. The van der Waals surface area contributed by atoms with Crippen molar-refractivity contribution in [3.05, 3.63) is 101 Å². The summed E-state index contributed by atoms with van der Waals surface area (Å²) in [4.78, 5) is 25.4. The molecule has 0 spiro atoms. The van der Waals surface area contributed by atoms with Crippen LogP contribution in [0.5, 0.6) is 5.75 Å². The zero-order valence-corrected chi connectivity index (χ0v) is 13.5. The zero-order chi connectivity index (χ0) is 17.2. The molecular weight excluding hydrogens is 312 g/mol. The maximum Gasteiger partial charge on any atom is 0.319 e. The summed E-state index contributed by atoms with van der Waals surface area (Å²) < 4.78 is 5.49. The van der Waals surface area contributed by atoms with E-state index >= 15 is 0 Å². The molecule has 0 fully saturated rings. The van der Waals surface area contributed by atoms with E-state index in [9.17, 15) is 9.59 Å². The standard InChI is InChI=1S/C22H16O3/c23-21(15-8-2-1-3-9-15)18-12-6-5-11-17(18)19-14-16-10-4-7-13-20(16)25-22(19)24/h1-13,19H,14H2. The maximum atomic E-state index is 12.9. The molecule has 0 radical (unpaired) electrons. The molecule has 3 aromatic carbocycles. The van der Waals surface area contributed by atoms with Gasteiger partial charge in [-0.1, -0.05) is 72.8 Å². The lowest BCUT2D eigenvalue weighted by molar-refractivity contribution is -0.137. The van der Waals surface area contributed by atoms with Crippen molar-refractivity contribution in [1.82, 2.24) is 0 Å². The first kappa shape index (κ1) is 15.3. The second-order valence-electron chi connectivity index (χ2n) is 6.07. The Morgan fingerprint density at radius 1 is 0.840 bits per heavy atom. The molecule has 4 rings (SSSR count). The molecule has 1 aliphatic rings. The summed E-state index contributed by atoms with van der Waals surface area (Å²) in [6.07, 6.45) is 0.536. The van der Waals surface area contributed by atoms with Crippen molar-refractivity contribution in [2.24, 2.45) is 0 Å². The van der Waals surface area contributed by atoms with Crippen LogP contribution in [0.3, 0.4) is 0 Å². The highest BCUT2D eigenvalue weighted by Gasteiger charge is 2.32. The summed E-state index contributed by atoms with van der Waals surface area (Å²) in [7, 11) is 0. The van der Waals surface area contributed by atoms with Gasteiger partial charge in [-0.2, -0.15) is 0 Å². The molecule has 0 amide bonds. The van der Waals surface area contributed by atoms with Crippen LogP contribution in [-0.4, -0.2) is 11.8 Å². The minimum atomic E-state index is -0.473. The van der Waals surface area contributed by atoms with Crippen LogP contribution in [0.1, 0.15) is 33.0 Å². The van der Waals surface area contributed by atoms with E-state index in [0.29, 0.717) is 23.3 Å². The topological polar surface area (TPSA) is 43.4 Å².